The maximum atomic E-state index is 11.8. The highest BCUT2D eigenvalue weighted by atomic mass is 32.2. The largest absolute Gasteiger partial charge is 0.489 e. The van der Waals surface area contributed by atoms with Crippen molar-refractivity contribution in [2.24, 2.45) is 5.92 Å². The SMILES string of the molecule is CC/C=C/S/C=C(COc1cccc(C[C@H](N[C@@H](CC(C)C)C(=O)O)C(=O)O)c1)\C(C)=C\CC. The molecule has 34 heavy (non-hydrogen) atoms. The monoisotopic (exact) mass is 489 g/mol. The number of aliphatic carboxylic acids is 2. The number of carboxylic acids is 2. The Balaban J connectivity index is 2.94. The molecule has 0 heterocycles. The summed E-state index contributed by atoms with van der Waals surface area (Å²) in [6.45, 7) is 10.5. The lowest BCUT2D eigenvalue weighted by molar-refractivity contribution is -0.142. The second-order valence-electron chi connectivity index (χ2n) is 8.57. The lowest BCUT2D eigenvalue weighted by atomic mass is 10.0. The summed E-state index contributed by atoms with van der Waals surface area (Å²) in [6.07, 6.45) is 6.70. The lowest BCUT2D eigenvalue weighted by Gasteiger charge is -2.22. The van der Waals surface area contributed by atoms with Crippen LogP contribution in [0.3, 0.4) is 0 Å². The van der Waals surface area contributed by atoms with E-state index in [1.807, 2.05) is 38.1 Å². The van der Waals surface area contributed by atoms with Crippen molar-refractivity contribution in [1.82, 2.24) is 5.32 Å². The highest BCUT2D eigenvalue weighted by Crippen LogP contribution is 2.21. The van der Waals surface area contributed by atoms with Gasteiger partial charge in [-0.25, -0.2) is 0 Å². The maximum absolute atomic E-state index is 11.8. The van der Waals surface area contributed by atoms with E-state index >= 15 is 0 Å². The summed E-state index contributed by atoms with van der Waals surface area (Å²) in [4.78, 5) is 23.4. The molecule has 1 rings (SSSR count). The Bertz CT molecular complexity index is 876. The van der Waals surface area contributed by atoms with Crippen LogP contribution in [0.25, 0.3) is 0 Å². The number of rotatable bonds is 16. The zero-order valence-electron chi connectivity index (χ0n) is 20.9. The number of ether oxygens (including phenoxy) is 1. The first-order valence-electron chi connectivity index (χ1n) is 11.8. The van der Waals surface area contributed by atoms with Crippen molar-refractivity contribution in [2.75, 3.05) is 6.61 Å². The van der Waals surface area contributed by atoms with Crippen LogP contribution in [0.5, 0.6) is 5.75 Å². The second kappa shape index (κ2) is 16.2. The second-order valence-corrected chi connectivity index (χ2v) is 9.35. The number of hydrogen-bond donors (Lipinski definition) is 3. The van der Waals surface area contributed by atoms with Gasteiger partial charge in [0.25, 0.3) is 0 Å². The molecule has 3 N–H and O–H groups in total. The summed E-state index contributed by atoms with van der Waals surface area (Å²) < 4.78 is 6.04. The molecule has 0 unspecified atom stereocenters. The molecule has 0 saturated carbocycles. The smallest absolute Gasteiger partial charge is 0.321 e. The molecule has 0 aliphatic rings. The first-order valence-corrected chi connectivity index (χ1v) is 12.7. The van der Waals surface area contributed by atoms with E-state index in [0.717, 1.165) is 29.6 Å². The van der Waals surface area contributed by atoms with Gasteiger partial charge in [-0.15, -0.1) is 11.8 Å². The fourth-order valence-electron chi connectivity index (χ4n) is 3.28. The lowest BCUT2D eigenvalue weighted by Crippen LogP contribution is -2.48. The van der Waals surface area contributed by atoms with Gasteiger partial charge in [0.05, 0.1) is 0 Å². The average Bonchev–Trinajstić information content (AvgIpc) is 2.77. The number of nitrogens with one attached hydrogen (secondary N) is 1. The van der Waals surface area contributed by atoms with Gasteiger partial charge in [-0.05, 0) is 78.2 Å². The van der Waals surface area contributed by atoms with Crippen LogP contribution in [-0.2, 0) is 16.0 Å². The zero-order valence-corrected chi connectivity index (χ0v) is 21.7. The van der Waals surface area contributed by atoms with Crippen LogP contribution in [0, 0.1) is 5.92 Å². The van der Waals surface area contributed by atoms with Gasteiger partial charge < -0.3 is 14.9 Å². The number of thioether (sulfide) groups is 1. The molecule has 188 valence electrons. The number of carbonyl (C=O) groups is 2. The van der Waals surface area contributed by atoms with Crippen LogP contribution in [0.1, 0.15) is 59.4 Å². The highest BCUT2D eigenvalue weighted by Gasteiger charge is 2.26. The first-order chi connectivity index (χ1) is 16.2. The third-order valence-electron chi connectivity index (χ3n) is 5.08. The maximum Gasteiger partial charge on any atom is 0.321 e. The van der Waals surface area contributed by atoms with Crippen molar-refractivity contribution >= 4 is 23.7 Å². The van der Waals surface area contributed by atoms with Crippen molar-refractivity contribution in [3.63, 3.8) is 0 Å². The number of carboxylic acid groups (broad SMARTS) is 2. The van der Waals surface area contributed by atoms with E-state index in [-0.39, 0.29) is 12.3 Å². The van der Waals surface area contributed by atoms with Crippen molar-refractivity contribution in [2.45, 2.75) is 72.4 Å². The van der Waals surface area contributed by atoms with Gasteiger partial charge in [0.1, 0.15) is 24.4 Å². The molecule has 7 heteroatoms. The molecule has 6 nitrogen and oxygen atoms in total. The highest BCUT2D eigenvalue weighted by molar-refractivity contribution is 8.04. The van der Waals surface area contributed by atoms with Crippen molar-refractivity contribution in [3.8, 4) is 5.75 Å². The minimum atomic E-state index is -1.08. The van der Waals surface area contributed by atoms with E-state index < -0.39 is 24.0 Å². The topological polar surface area (TPSA) is 95.9 Å². The molecular weight excluding hydrogens is 450 g/mol. The first kappa shape index (κ1) is 29.5. The fraction of sp³-hybridized carbons (Fsp3) is 0.481. The third kappa shape index (κ3) is 11.6. The van der Waals surface area contributed by atoms with E-state index in [1.165, 1.54) is 0 Å². The molecule has 0 spiro atoms. The Hall–Kier alpha value is -2.51. The van der Waals surface area contributed by atoms with Crippen molar-refractivity contribution in [3.05, 3.63) is 63.9 Å². The average molecular weight is 490 g/mol. The third-order valence-corrected chi connectivity index (χ3v) is 5.85. The Morgan fingerprint density at radius 1 is 1.12 bits per heavy atom. The summed E-state index contributed by atoms with van der Waals surface area (Å²) in [5, 5.41) is 26.1. The minimum absolute atomic E-state index is 0.128. The Labute approximate surface area is 208 Å². The number of allylic oxidation sites excluding steroid dienone is 2. The number of hydrogen-bond acceptors (Lipinski definition) is 5. The number of benzene rings is 1. The molecule has 2 atom stereocenters. The van der Waals surface area contributed by atoms with E-state index in [4.69, 9.17) is 4.74 Å². The van der Waals surface area contributed by atoms with Gasteiger partial charge in [0.15, 0.2) is 0 Å². The predicted octanol–water partition coefficient (Wildman–Crippen LogP) is 6.05. The van der Waals surface area contributed by atoms with Gasteiger partial charge in [0.2, 0.25) is 0 Å². The van der Waals surface area contributed by atoms with Crippen molar-refractivity contribution < 1.29 is 24.5 Å². The summed E-state index contributed by atoms with van der Waals surface area (Å²) in [6, 6.07) is 5.38. The molecule has 0 fully saturated rings. The fourth-order valence-corrected chi connectivity index (χ4v) is 4.08. The van der Waals surface area contributed by atoms with Crippen molar-refractivity contribution in [1.29, 1.82) is 0 Å². The normalized spacial score (nSPS) is 14.4. The van der Waals surface area contributed by atoms with E-state index in [9.17, 15) is 19.8 Å². The summed E-state index contributed by atoms with van der Waals surface area (Å²) >= 11 is 1.62. The Morgan fingerprint density at radius 3 is 2.41 bits per heavy atom. The van der Waals surface area contributed by atoms with E-state index in [0.29, 0.717) is 18.8 Å². The van der Waals surface area contributed by atoms with Crippen LogP contribution >= 0.6 is 11.8 Å². The molecule has 0 radical (unpaired) electrons. The van der Waals surface area contributed by atoms with E-state index in [1.54, 1.807) is 11.8 Å². The van der Waals surface area contributed by atoms with Gasteiger partial charge in [-0.1, -0.05) is 52.0 Å². The standard InChI is InChI=1S/C27H39NO5S/c1-6-8-13-34-18-22(20(5)10-7-2)17-33-23-12-9-11-21(15-23)16-25(27(31)32)28-24(26(29)30)14-19(3)4/h8-13,15,18-19,24-25,28H,6-7,14,16-17H2,1-5H3,(H,29,30)(H,31,32)/b13-8+,20-10+,22-18-/t24-,25-/m0/s1. The Kier molecular flexibility index (Phi) is 14.0. The quantitative estimate of drug-likeness (QED) is 0.243. The van der Waals surface area contributed by atoms with Crippen LogP contribution in [0.2, 0.25) is 0 Å². The molecule has 0 aromatic heterocycles. The summed E-state index contributed by atoms with van der Waals surface area (Å²) in [5.41, 5.74) is 3.01. The summed E-state index contributed by atoms with van der Waals surface area (Å²) in [5.74, 6) is -1.35. The molecule has 0 aliphatic heterocycles. The molecule has 0 aliphatic carbocycles. The van der Waals surface area contributed by atoms with E-state index in [2.05, 4.69) is 49.1 Å². The molecule has 0 bridgehead atoms. The van der Waals surface area contributed by atoms with Gasteiger partial charge in [-0.2, -0.15) is 0 Å². The van der Waals surface area contributed by atoms with Gasteiger partial charge in [-0.3, -0.25) is 14.9 Å². The molecule has 1 aromatic rings. The molecule has 0 amide bonds. The van der Waals surface area contributed by atoms with Crippen LogP contribution < -0.4 is 10.1 Å². The molecule has 1 aromatic carbocycles. The predicted molar refractivity (Wildman–Crippen MR) is 140 cm³/mol. The van der Waals surface area contributed by atoms with Crippen LogP contribution in [0.4, 0.5) is 0 Å². The van der Waals surface area contributed by atoms with Crippen LogP contribution in [-0.4, -0.2) is 40.8 Å². The molecular formula is C27H39NO5S. The summed E-state index contributed by atoms with van der Waals surface area (Å²) in [7, 11) is 0. The minimum Gasteiger partial charge on any atom is -0.489 e. The Morgan fingerprint density at radius 2 is 1.82 bits per heavy atom. The van der Waals surface area contributed by atoms with Crippen LogP contribution in [0.15, 0.2) is 58.4 Å². The van der Waals surface area contributed by atoms with Gasteiger partial charge >= 0.3 is 11.9 Å². The van der Waals surface area contributed by atoms with Gasteiger partial charge in [0, 0.05) is 0 Å². The zero-order chi connectivity index (χ0) is 25.5. The molecule has 0 saturated heterocycles.